The van der Waals surface area contributed by atoms with Crippen molar-refractivity contribution in [3.05, 3.63) is 0 Å². The van der Waals surface area contributed by atoms with Crippen LogP contribution in [0, 0.1) is 0 Å². The fraction of sp³-hybridized carbons (Fsp3) is 1.00. The second-order valence-corrected chi connectivity index (χ2v) is 6.91. The van der Waals surface area contributed by atoms with Crippen molar-refractivity contribution in [3.8, 4) is 0 Å². The third-order valence-corrected chi connectivity index (χ3v) is 6.01. The summed E-state index contributed by atoms with van der Waals surface area (Å²) < 4.78 is 0. The molecule has 0 aliphatic heterocycles. The summed E-state index contributed by atoms with van der Waals surface area (Å²) in [5, 5.41) is 4.70. The highest BCUT2D eigenvalue weighted by molar-refractivity contribution is 6.58. The predicted octanol–water partition coefficient (Wildman–Crippen LogP) is 3.71. The summed E-state index contributed by atoms with van der Waals surface area (Å²) in [5.41, 5.74) is 0. The fourth-order valence-corrected chi connectivity index (χ4v) is 4.36. The van der Waals surface area contributed by atoms with E-state index in [2.05, 4.69) is 20.8 Å². The molecule has 0 aliphatic carbocycles. The molecule has 0 aliphatic rings. The smallest absolute Gasteiger partial charge is 0.0967 e. The van der Waals surface area contributed by atoms with Crippen LogP contribution in [0.2, 0.25) is 15.8 Å². The lowest BCUT2D eigenvalue weighted by Crippen LogP contribution is -2.08. The van der Waals surface area contributed by atoms with Gasteiger partial charge in [-0.05, 0) is 0 Å². The van der Waals surface area contributed by atoms with Gasteiger partial charge in [0.05, 0.1) is 0 Å². The van der Waals surface area contributed by atoms with Gasteiger partial charge in [-0.15, -0.1) is 0 Å². The Morgan fingerprint density at radius 3 is 2.00 bits per heavy atom. The maximum absolute atomic E-state index is 2.38. The van der Waals surface area contributed by atoms with E-state index in [0.717, 1.165) is 0 Å². The topological polar surface area (TPSA) is 0 Å². The minimum absolute atomic E-state index is 0.231. The molecular formula is C9H21Al. The lowest BCUT2D eigenvalue weighted by molar-refractivity contribution is 0.863. The molecule has 0 aromatic rings. The monoisotopic (exact) mass is 156 g/mol. The van der Waals surface area contributed by atoms with Crippen LogP contribution in [0.5, 0.6) is 0 Å². The zero-order valence-electron chi connectivity index (χ0n) is 7.82. The van der Waals surface area contributed by atoms with E-state index in [9.17, 15) is 0 Å². The molecule has 0 unspecified atom stereocenters. The minimum atomic E-state index is -0.231. The van der Waals surface area contributed by atoms with Crippen LogP contribution in [0.25, 0.3) is 0 Å². The molecule has 0 aromatic carbocycles. The van der Waals surface area contributed by atoms with Crippen LogP contribution >= 0.6 is 0 Å². The first kappa shape index (κ1) is 10.5. The van der Waals surface area contributed by atoms with Crippen molar-refractivity contribution >= 4 is 14.1 Å². The lowest BCUT2D eigenvalue weighted by Gasteiger charge is -2.05. The summed E-state index contributed by atoms with van der Waals surface area (Å²) in [4.78, 5) is 0. The second kappa shape index (κ2) is 7.64. The van der Waals surface area contributed by atoms with Gasteiger partial charge in [0.2, 0.25) is 0 Å². The van der Waals surface area contributed by atoms with Crippen molar-refractivity contribution in [2.24, 2.45) is 0 Å². The summed E-state index contributed by atoms with van der Waals surface area (Å²) >= 11 is -0.231. The van der Waals surface area contributed by atoms with E-state index in [1.165, 1.54) is 24.5 Å². The highest BCUT2D eigenvalue weighted by atomic mass is 27.2. The first-order valence-electron chi connectivity index (χ1n) is 4.85. The minimum Gasteiger partial charge on any atom is -0.0967 e. The van der Waals surface area contributed by atoms with Crippen LogP contribution in [-0.2, 0) is 0 Å². The van der Waals surface area contributed by atoms with Gasteiger partial charge >= 0.3 is 0 Å². The molecule has 60 valence electrons. The molecule has 0 bridgehead atoms. The van der Waals surface area contributed by atoms with Crippen molar-refractivity contribution < 1.29 is 0 Å². The predicted molar refractivity (Wildman–Crippen MR) is 51.0 cm³/mol. The van der Waals surface area contributed by atoms with E-state index in [1.54, 1.807) is 10.6 Å². The van der Waals surface area contributed by atoms with Crippen molar-refractivity contribution in [1.82, 2.24) is 0 Å². The molecule has 0 amide bonds. The zero-order valence-corrected chi connectivity index (χ0v) is 8.97. The maximum Gasteiger partial charge on any atom is 0.261 e. The molecule has 0 rings (SSSR count). The number of hydrogen-bond donors (Lipinski definition) is 0. The summed E-state index contributed by atoms with van der Waals surface area (Å²) in [6.45, 7) is 7.00. The van der Waals surface area contributed by atoms with Crippen molar-refractivity contribution in [3.63, 3.8) is 0 Å². The van der Waals surface area contributed by atoms with E-state index in [4.69, 9.17) is 0 Å². The van der Waals surface area contributed by atoms with Gasteiger partial charge in [0.1, 0.15) is 0 Å². The maximum atomic E-state index is 2.38. The van der Waals surface area contributed by atoms with Crippen molar-refractivity contribution in [1.29, 1.82) is 0 Å². The van der Waals surface area contributed by atoms with Crippen LogP contribution in [0.15, 0.2) is 0 Å². The average Bonchev–Trinajstić information content (AvgIpc) is 1.98. The van der Waals surface area contributed by atoms with E-state index < -0.39 is 0 Å². The molecule has 0 heterocycles. The molecule has 0 N–H and O–H groups in total. The quantitative estimate of drug-likeness (QED) is 0.514. The molecule has 1 heteroatoms. The molecule has 0 saturated heterocycles. The molecule has 0 radical (unpaired) electrons. The zero-order chi connectivity index (χ0) is 7.82. The Kier molecular flexibility index (Phi) is 8.04. The Morgan fingerprint density at radius 1 is 0.900 bits per heavy atom. The highest BCUT2D eigenvalue weighted by Gasteiger charge is 2.10. The fourth-order valence-electron chi connectivity index (χ4n) is 1.45. The largest absolute Gasteiger partial charge is 0.261 e. The van der Waals surface area contributed by atoms with Crippen molar-refractivity contribution in [2.75, 3.05) is 0 Å². The Hall–Kier alpha value is 0.532. The van der Waals surface area contributed by atoms with Crippen LogP contribution in [-0.4, -0.2) is 14.1 Å². The van der Waals surface area contributed by atoms with Gasteiger partial charge in [-0.1, -0.05) is 55.9 Å². The summed E-state index contributed by atoms with van der Waals surface area (Å²) in [6, 6.07) is 0. The molecule has 0 nitrogen and oxygen atoms in total. The van der Waals surface area contributed by atoms with Gasteiger partial charge in [-0.3, -0.25) is 0 Å². The molecule has 0 atom stereocenters. The SMILES string of the molecule is CCC[CH2][Al]([CH2]C)[CH2]CC. The second-order valence-electron chi connectivity index (χ2n) is 3.21. The Labute approximate surface area is 70.4 Å². The summed E-state index contributed by atoms with van der Waals surface area (Å²) in [5.74, 6) is 0. The van der Waals surface area contributed by atoms with Crippen LogP contribution in [0.3, 0.4) is 0 Å². The van der Waals surface area contributed by atoms with Gasteiger partial charge in [-0.2, -0.15) is 0 Å². The lowest BCUT2D eigenvalue weighted by atomic mass is 10.4. The van der Waals surface area contributed by atoms with Gasteiger partial charge < -0.3 is 0 Å². The number of unbranched alkanes of at least 4 members (excludes halogenated alkanes) is 1. The van der Waals surface area contributed by atoms with E-state index in [0.29, 0.717) is 0 Å². The molecule has 0 fully saturated rings. The molecule has 0 saturated carbocycles. The first-order valence-corrected chi connectivity index (χ1v) is 7.30. The Balaban J connectivity index is 3.21. The third-order valence-electron chi connectivity index (χ3n) is 2.24. The Morgan fingerprint density at radius 2 is 1.60 bits per heavy atom. The molecular weight excluding hydrogens is 135 g/mol. The molecule has 10 heavy (non-hydrogen) atoms. The van der Waals surface area contributed by atoms with Crippen LogP contribution in [0.4, 0.5) is 0 Å². The molecule has 0 spiro atoms. The highest BCUT2D eigenvalue weighted by Crippen LogP contribution is 2.11. The van der Waals surface area contributed by atoms with Crippen molar-refractivity contribution in [2.45, 2.75) is 55.9 Å². The summed E-state index contributed by atoms with van der Waals surface area (Å²) in [6.07, 6.45) is 4.31. The normalized spacial score (nSPS) is 9.90. The standard InChI is InChI=1S/C4H9.C3H7.C2H5.Al/c1-3-4-2;1-3-2;1-2;/h1,3-4H2,2H3;1,3H2,2H3;1H2,2H3;. The van der Waals surface area contributed by atoms with E-state index in [-0.39, 0.29) is 14.1 Å². The Bertz CT molecular complexity index is 61.7. The van der Waals surface area contributed by atoms with Crippen LogP contribution < -0.4 is 0 Å². The van der Waals surface area contributed by atoms with Gasteiger partial charge in [-0.25, -0.2) is 0 Å². The summed E-state index contributed by atoms with van der Waals surface area (Å²) in [7, 11) is 0. The third kappa shape index (κ3) is 5.33. The molecule has 0 aromatic heterocycles. The van der Waals surface area contributed by atoms with Gasteiger partial charge in [0.25, 0.3) is 14.1 Å². The number of rotatable bonds is 6. The van der Waals surface area contributed by atoms with E-state index >= 15 is 0 Å². The van der Waals surface area contributed by atoms with E-state index in [1.807, 2.05) is 0 Å². The number of hydrogen-bond acceptors (Lipinski definition) is 0. The van der Waals surface area contributed by atoms with Crippen LogP contribution in [0.1, 0.15) is 40.0 Å². The first-order chi connectivity index (χ1) is 4.85. The van der Waals surface area contributed by atoms with Gasteiger partial charge in [0.15, 0.2) is 0 Å². The average molecular weight is 156 g/mol. The van der Waals surface area contributed by atoms with Gasteiger partial charge in [0, 0.05) is 0 Å².